The van der Waals surface area contributed by atoms with Crippen LogP contribution in [-0.2, 0) is 5.60 Å². The molecule has 2 aliphatic rings. The Hall–Kier alpha value is -4.36. The highest BCUT2D eigenvalue weighted by atomic mass is 19.3. The molecule has 2 aromatic heterocycles. The Bertz CT molecular complexity index is 1750. The molecule has 0 aliphatic carbocycles. The minimum atomic E-state index is -3.14. The summed E-state index contributed by atoms with van der Waals surface area (Å²) >= 11 is 0. The van der Waals surface area contributed by atoms with Crippen LogP contribution in [0.2, 0.25) is 0 Å². The molecule has 8 nitrogen and oxygen atoms in total. The van der Waals surface area contributed by atoms with Gasteiger partial charge in [-0.2, -0.15) is 8.78 Å². The monoisotopic (exact) mass is 518 g/mol. The fraction of sp³-hybridized carbons (Fsp3) is 0.286. The predicted molar refractivity (Wildman–Crippen MR) is 134 cm³/mol. The molecule has 2 atom stereocenters. The van der Waals surface area contributed by atoms with Gasteiger partial charge in [-0.3, -0.25) is 4.79 Å². The standard InChI is InChI=1S/C28H23F2N5O3/c1-28(2,37)26-31-13-16(14-32-26)8-7-15-9-10-18-19(11-15)35-20-12-21(24(35)33-18)34(3)25(36)17-5-4-6-22(23(17)20)38-27(29)30/h4-6,9-11,13-14,20-21,27,37H,12H2,1-3H3/t20-,21-/m1/s1/i3D3. The second-order valence-corrected chi connectivity index (χ2v) is 9.69. The number of imidazole rings is 1. The van der Waals surface area contributed by atoms with Crippen LogP contribution in [0.25, 0.3) is 11.0 Å². The molecule has 10 heteroatoms. The molecular weight excluding hydrogens is 492 g/mol. The molecule has 2 aliphatic heterocycles. The van der Waals surface area contributed by atoms with E-state index in [4.69, 9.17) is 8.85 Å². The molecule has 1 amide bonds. The molecule has 4 heterocycles. The van der Waals surface area contributed by atoms with Gasteiger partial charge < -0.3 is 19.3 Å². The van der Waals surface area contributed by atoms with Crippen LogP contribution in [0, 0.1) is 11.8 Å². The maximum Gasteiger partial charge on any atom is 0.387 e. The molecule has 2 aromatic carbocycles. The van der Waals surface area contributed by atoms with Gasteiger partial charge in [0.2, 0.25) is 0 Å². The lowest BCUT2D eigenvalue weighted by Gasteiger charge is -2.24. The van der Waals surface area contributed by atoms with E-state index in [0.29, 0.717) is 28.0 Å². The van der Waals surface area contributed by atoms with Gasteiger partial charge in [-0.1, -0.05) is 17.9 Å². The van der Waals surface area contributed by atoms with Crippen LogP contribution >= 0.6 is 0 Å². The summed E-state index contributed by atoms with van der Waals surface area (Å²) in [5.41, 5.74) is 1.26. The Kier molecular flexibility index (Phi) is 4.68. The summed E-state index contributed by atoms with van der Waals surface area (Å²) in [5, 5.41) is 10.1. The van der Waals surface area contributed by atoms with Crippen LogP contribution in [0.4, 0.5) is 8.78 Å². The largest absolute Gasteiger partial charge is 0.434 e. The summed E-state index contributed by atoms with van der Waals surface area (Å²) in [6, 6.07) is 7.82. The van der Waals surface area contributed by atoms with Gasteiger partial charge >= 0.3 is 6.61 Å². The normalized spacial score (nSPS) is 19.7. The van der Waals surface area contributed by atoms with E-state index in [1.165, 1.54) is 30.6 Å². The fourth-order valence-corrected chi connectivity index (χ4v) is 5.04. The summed E-state index contributed by atoms with van der Waals surface area (Å²) in [4.78, 5) is 27.3. The average molecular weight is 519 g/mol. The van der Waals surface area contributed by atoms with E-state index in [-0.39, 0.29) is 29.1 Å². The maximum absolute atomic E-state index is 13.5. The Balaban J connectivity index is 1.49. The zero-order chi connectivity index (χ0) is 29.3. The third-order valence-corrected chi connectivity index (χ3v) is 6.70. The SMILES string of the molecule is [2H]C([2H])([2H])N1C(=O)c2cccc(OC(F)F)c2[C@H]2C[C@@H]1c1nc3ccc(C#Cc4cnc(C(C)(C)O)nc4)cc3n12. The first-order valence-corrected chi connectivity index (χ1v) is 11.8. The minimum Gasteiger partial charge on any atom is -0.434 e. The number of halogens is 2. The van der Waals surface area contributed by atoms with E-state index in [2.05, 4.69) is 26.8 Å². The van der Waals surface area contributed by atoms with Crippen molar-refractivity contribution < 1.29 is 27.5 Å². The smallest absolute Gasteiger partial charge is 0.387 e. The van der Waals surface area contributed by atoms with Crippen molar-refractivity contribution in [2.75, 3.05) is 6.98 Å². The highest BCUT2D eigenvalue weighted by Crippen LogP contribution is 2.49. The predicted octanol–water partition coefficient (Wildman–Crippen LogP) is 4.17. The van der Waals surface area contributed by atoms with E-state index >= 15 is 0 Å². The van der Waals surface area contributed by atoms with E-state index < -0.39 is 37.2 Å². The van der Waals surface area contributed by atoms with Crippen molar-refractivity contribution in [3.8, 4) is 17.6 Å². The molecule has 38 heavy (non-hydrogen) atoms. The second-order valence-electron chi connectivity index (χ2n) is 9.69. The number of aliphatic hydroxyl groups is 1. The molecule has 0 saturated carbocycles. The van der Waals surface area contributed by atoms with Crippen LogP contribution < -0.4 is 4.74 Å². The zero-order valence-corrected chi connectivity index (χ0v) is 20.3. The number of hydrogen-bond donors (Lipinski definition) is 1. The lowest BCUT2D eigenvalue weighted by molar-refractivity contribution is -0.0507. The molecule has 0 unspecified atom stereocenters. The summed E-state index contributed by atoms with van der Waals surface area (Å²) in [6.45, 7) is -2.78. The Morgan fingerprint density at radius 2 is 1.92 bits per heavy atom. The topological polar surface area (TPSA) is 93.4 Å². The highest BCUT2D eigenvalue weighted by molar-refractivity contribution is 5.97. The zero-order valence-electron chi connectivity index (χ0n) is 23.3. The van der Waals surface area contributed by atoms with Gasteiger partial charge in [0.1, 0.15) is 17.2 Å². The Morgan fingerprint density at radius 1 is 1.16 bits per heavy atom. The first kappa shape index (κ1) is 20.7. The van der Waals surface area contributed by atoms with E-state index in [0.717, 1.165) is 4.90 Å². The number of carbonyl (C=O) groups is 1. The van der Waals surface area contributed by atoms with Crippen molar-refractivity contribution in [1.82, 2.24) is 24.4 Å². The molecule has 6 rings (SSSR count). The van der Waals surface area contributed by atoms with Gasteiger partial charge in [0.25, 0.3) is 5.91 Å². The molecule has 192 valence electrons. The Labute approximate surface area is 221 Å². The molecule has 0 spiro atoms. The molecule has 2 bridgehead atoms. The van der Waals surface area contributed by atoms with E-state index in [1.54, 1.807) is 36.6 Å². The van der Waals surface area contributed by atoms with Gasteiger partial charge in [0.05, 0.1) is 28.7 Å². The number of carbonyl (C=O) groups excluding carboxylic acids is 1. The minimum absolute atomic E-state index is 0.00951. The van der Waals surface area contributed by atoms with Gasteiger partial charge in [-0.15, -0.1) is 0 Å². The Morgan fingerprint density at radius 3 is 2.63 bits per heavy atom. The first-order chi connectivity index (χ1) is 19.3. The van der Waals surface area contributed by atoms with Crippen LogP contribution in [-0.4, -0.2) is 49.0 Å². The van der Waals surface area contributed by atoms with E-state index in [1.807, 2.05) is 0 Å². The van der Waals surface area contributed by atoms with Gasteiger partial charge in [-0.05, 0) is 44.2 Å². The van der Waals surface area contributed by atoms with Crippen LogP contribution in [0.15, 0.2) is 48.8 Å². The maximum atomic E-state index is 13.5. The lowest BCUT2D eigenvalue weighted by Crippen LogP contribution is -2.30. The van der Waals surface area contributed by atoms with E-state index in [9.17, 15) is 18.7 Å². The third kappa shape index (κ3) is 3.87. The fourth-order valence-electron chi connectivity index (χ4n) is 5.04. The number of ether oxygens (including phenoxy) is 1. The van der Waals surface area contributed by atoms with Crippen LogP contribution in [0.5, 0.6) is 5.75 Å². The quantitative estimate of drug-likeness (QED) is 0.409. The summed E-state index contributed by atoms with van der Waals surface area (Å²) < 4.78 is 57.7. The average Bonchev–Trinajstić information content (AvgIpc) is 3.39. The lowest BCUT2D eigenvalue weighted by atomic mass is 9.97. The van der Waals surface area contributed by atoms with Crippen molar-refractivity contribution in [1.29, 1.82) is 0 Å². The summed E-state index contributed by atoms with van der Waals surface area (Å²) in [5.74, 6) is 5.65. The first-order valence-electron chi connectivity index (χ1n) is 13.3. The van der Waals surface area contributed by atoms with Gasteiger partial charge in [0.15, 0.2) is 5.82 Å². The molecule has 1 N–H and O–H groups in total. The number of fused-ring (bicyclic) bond motifs is 9. The van der Waals surface area contributed by atoms with Crippen molar-refractivity contribution in [3.05, 3.63) is 82.7 Å². The number of nitrogens with zero attached hydrogens (tertiary/aromatic N) is 5. The summed E-state index contributed by atoms with van der Waals surface area (Å²) in [6.07, 6.45) is 3.15. The van der Waals surface area contributed by atoms with Crippen LogP contribution in [0.1, 0.15) is 75.2 Å². The molecule has 0 saturated heterocycles. The number of amides is 1. The van der Waals surface area contributed by atoms with Crippen molar-refractivity contribution >= 4 is 16.9 Å². The van der Waals surface area contributed by atoms with Gasteiger partial charge in [0, 0.05) is 46.6 Å². The van der Waals surface area contributed by atoms with Crippen molar-refractivity contribution in [2.24, 2.45) is 0 Å². The molecular formula is C28H23F2N5O3. The van der Waals surface area contributed by atoms with Crippen LogP contribution in [0.3, 0.4) is 0 Å². The third-order valence-electron chi connectivity index (χ3n) is 6.70. The summed E-state index contributed by atoms with van der Waals surface area (Å²) in [7, 11) is 0. The van der Waals surface area contributed by atoms with Gasteiger partial charge in [-0.25, -0.2) is 15.0 Å². The molecule has 0 fully saturated rings. The molecule has 0 radical (unpaired) electrons. The highest BCUT2D eigenvalue weighted by Gasteiger charge is 2.45. The number of benzene rings is 2. The van der Waals surface area contributed by atoms with Crippen molar-refractivity contribution in [2.45, 2.75) is 44.6 Å². The number of rotatable bonds is 3. The number of alkyl halides is 2. The second kappa shape index (κ2) is 8.60. The number of aromatic nitrogens is 4. The number of hydrogen-bond acceptors (Lipinski definition) is 6. The molecule has 4 aromatic rings. The van der Waals surface area contributed by atoms with Crippen molar-refractivity contribution in [3.63, 3.8) is 0 Å².